The van der Waals surface area contributed by atoms with Crippen LogP contribution in [0, 0.1) is 11.6 Å². The van der Waals surface area contributed by atoms with Gasteiger partial charge in [0, 0.05) is 39.9 Å². The second-order valence-electron chi connectivity index (χ2n) is 8.71. The predicted octanol–water partition coefficient (Wildman–Crippen LogP) is 3.89. The van der Waals surface area contributed by atoms with Crippen LogP contribution in [0.15, 0.2) is 59.5 Å². The molecule has 1 aliphatic rings. The molecule has 7 nitrogen and oxygen atoms in total. The first kappa shape index (κ1) is 23.0. The Balaban J connectivity index is 1.84. The zero-order valence-electron chi connectivity index (χ0n) is 18.6. The minimum absolute atomic E-state index is 0.0940. The topological polar surface area (TPSA) is 101 Å². The summed E-state index contributed by atoms with van der Waals surface area (Å²) in [4.78, 5) is 28.7. The first-order chi connectivity index (χ1) is 16.6. The monoisotopic (exact) mass is 497 g/mol. The molecule has 1 fully saturated rings. The summed E-state index contributed by atoms with van der Waals surface area (Å²) in [7, 11) is -3.96. The van der Waals surface area contributed by atoms with Gasteiger partial charge in [0.05, 0.1) is 12.8 Å². The van der Waals surface area contributed by atoms with Crippen LogP contribution in [0.2, 0.25) is 0 Å². The van der Waals surface area contributed by atoms with Crippen LogP contribution in [0.1, 0.15) is 40.4 Å². The molecular formula is C25H21F2N3O4S. The Labute approximate surface area is 199 Å². The maximum atomic E-state index is 14.6. The number of H-pyrrole nitrogens is 1. The fraction of sp³-hybridized carbons (Fsp3) is 0.200. The average molecular weight is 498 g/mol. The minimum atomic E-state index is -3.96. The van der Waals surface area contributed by atoms with Crippen molar-refractivity contribution in [2.24, 2.45) is 0 Å². The number of fused-ring (bicyclic) bond motifs is 1. The van der Waals surface area contributed by atoms with Crippen molar-refractivity contribution in [1.29, 1.82) is 0 Å². The lowest BCUT2D eigenvalue weighted by molar-refractivity contribution is 0.0974. The van der Waals surface area contributed by atoms with Gasteiger partial charge in [-0.3, -0.25) is 9.59 Å². The number of amides is 1. The van der Waals surface area contributed by atoms with Crippen LogP contribution in [0.25, 0.3) is 22.0 Å². The number of carbonyl (C=O) groups excluding carboxylic acids is 1. The number of halogens is 2. The molecular weight excluding hydrogens is 476 g/mol. The SMILES string of the molecule is CS(=O)(=O)NC(=O)c1c(-c2ccc[nH]c2=O)c2cc(C3CC3)ccc2n1Cc1ccc(F)cc1F. The van der Waals surface area contributed by atoms with E-state index < -0.39 is 33.1 Å². The van der Waals surface area contributed by atoms with Crippen molar-refractivity contribution in [3.63, 3.8) is 0 Å². The summed E-state index contributed by atoms with van der Waals surface area (Å²) in [5, 5.41) is 0.562. The molecule has 1 aliphatic carbocycles. The number of nitrogens with zero attached hydrogens (tertiary/aromatic N) is 1. The lowest BCUT2D eigenvalue weighted by Gasteiger charge is -2.13. The van der Waals surface area contributed by atoms with E-state index in [-0.39, 0.29) is 28.9 Å². The lowest BCUT2D eigenvalue weighted by atomic mass is 10.00. The van der Waals surface area contributed by atoms with Gasteiger partial charge in [0.25, 0.3) is 11.5 Å². The second-order valence-corrected chi connectivity index (χ2v) is 10.5. The fourth-order valence-corrected chi connectivity index (χ4v) is 4.80. The van der Waals surface area contributed by atoms with E-state index in [0.717, 1.165) is 36.8 Å². The molecule has 4 aromatic rings. The van der Waals surface area contributed by atoms with Gasteiger partial charge in [-0.1, -0.05) is 12.1 Å². The van der Waals surface area contributed by atoms with Crippen LogP contribution in [0.3, 0.4) is 0 Å². The number of rotatable bonds is 6. The third-order valence-electron chi connectivity index (χ3n) is 6.06. The van der Waals surface area contributed by atoms with Gasteiger partial charge in [-0.05, 0) is 54.7 Å². The molecule has 0 spiro atoms. The van der Waals surface area contributed by atoms with Gasteiger partial charge in [0.15, 0.2) is 0 Å². The van der Waals surface area contributed by atoms with Gasteiger partial charge < -0.3 is 9.55 Å². The Hall–Kier alpha value is -3.79. The van der Waals surface area contributed by atoms with Crippen molar-refractivity contribution in [3.05, 3.63) is 93.5 Å². The van der Waals surface area contributed by atoms with Crippen LogP contribution in [0.5, 0.6) is 0 Å². The molecule has 35 heavy (non-hydrogen) atoms. The predicted molar refractivity (Wildman–Crippen MR) is 128 cm³/mol. The van der Waals surface area contributed by atoms with Crippen molar-refractivity contribution in [2.45, 2.75) is 25.3 Å². The normalized spacial score (nSPS) is 13.8. The molecule has 180 valence electrons. The van der Waals surface area contributed by atoms with E-state index in [1.807, 2.05) is 16.9 Å². The number of carbonyl (C=O) groups is 1. The van der Waals surface area contributed by atoms with Gasteiger partial charge in [0.2, 0.25) is 10.0 Å². The van der Waals surface area contributed by atoms with Crippen LogP contribution in [-0.4, -0.2) is 30.1 Å². The molecule has 2 heterocycles. The second kappa shape index (κ2) is 8.46. The summed E-state index contributed by atoms with van der Waals surface area (Å²) in [6.07, 6.45) is 4.34. The molecule has 0 bridgehead atoms. The highest BCUT2D eigenvalue weighted by atomic mass is 32.2. The average Bonchev–Trinajstić information content (AvgIpc) is 3.58. The zero-order valence-corrected chi connectivity index (χ0v) is 19.5. The van der Waals surface area contributed by atoms with Crippen molar-refractivity contribution in [1.82, 2.24) is 14.3 Å². The number of aromatic nitrogens is 2. The van der Waals surface area contributed by atoms with Crippen LogP contribution in [-0.2, 0) is 16.6 Å². The molecule has 0 unspecified atom stereocenters. The largest absolute Gasteiger partial charge is 0.331 e. The van der Waals surface area contributed by atoms with E-state index >= 15 is 0 Å². The quantitative estimate of drug-likeness (QED) is 0.422. The molecule has 2 N–H and O–H groups in total. The molecule has 5 rings (SSSR count). The maximum absolute atomic E-state index is 14.6. The van der Waals surface area contributed by atoms with E-state index in [4.69, 9.17) is 0 Å². The van der Waals surface area contributed by atoms with E-state index in [1.54, 1.807) is 12.1 Å². The Kier molecular flexibility index (Phi) is 5.55. The molecule has 2 aromatic heterocycles. The molecule has 0 radical (unpaired) electrons. The smallest absolute Gasteiger partial charge is 0.282 e. The molecule has 2 aromatic carbocycles. The van der Waals surface area contributed by atoms with E-state index in [9.17, 15) is 26.8 Å². The van der Waals surface area contributed by atoms with Crippen LogP contribution < -0.4 is 10.3 Å². The highest BCUT2D eigenvalue weighted by Crippen LogP contribution is 2.43. The molecule has 1 saturated carbocycles. The summed E-state index contributed by atoms with van der Waals surface area (Å²) in [5.74, 6) is -2.15. The molecule has 10 heteroatoms. The number of nitrogens with one attached hydrogen (secondary N) is 2. The number of benzene rings is 2. The summed E-state index contributed by atoms with van der Waals surface area (Å²) in [6, 6.07) is 11.8. The zero-order chi connectivity index (χ0) is 24.9. The van der Waals surface area contributed by atoms with Gasteiger partial charge in [-0.2, -0.15) is 0 Å². The first-order valence-electron chi connectivity index (χ1n) is 10.9. The third-order valence-corrected chi connectivity index (χ3v) is 6.62. The van der Waals surface area contributed by atoms with Gasteiger partial charge in [0.1, 0.15) is 17.3 Å². The fourth-order valence-electron chi connectivity index (χ4n) is 4.37. The Morgan fingerprint density at radius 2 is 1.91 bits per heavy atom. The molecule has 0 atom stereocenters. The van der Waals surface area contributed by atoms with Gasteiger partial charge in [-0.15, -0.1) is 0 Å². The molecule has 0 saturated heterocycles. The summed E-state index contributed by atoms with van der Waals surface area (Å²) in [5.41, 5.74) is 1.47. The van der Waals surface area contributed by atoms with E-state index in [0.29, 0.717) is 16.8 Å². The summed E-state index contributed by atoms with van der Waals surface area (Å²) >= 11 is 0. The van der Waals surface area contributed by atoms with Gasteiger partial charge in [-0.25, -0.2) is 21.9 Å². The van der Waals surface area contributed by atoms with Crippen LogP contribution >= 0.6 is 0 Å². The van der Waals surface area contributed by atoms with E-state index in [2.05, 4.69) is 4.98 Å². The Morgan fingerprint density at radius 3 is 2.57 bits per heavy atom. The number of hydrogen-bond acceptors (Lipinski definition) is 4. The Bertz CT molecular complexity index is 1650. The maximum Gasteiger partial charge on any atom is 0.282 e. The van der Waals surface area contributed by atoms with Crippen molar-refractivity contribution in [3.8, 4) is 11.1 Å². The summed E-state index contributed by atoms with van der Waals surface area (Å²) < 4.78 is 55.4. The van der Waals surface area contributed by atoms with Crippen molar-refractivity contribution in [2.75, 3.05) is 6.26 Å². The highest BCUT2D eigenvalue weighted by Gasteiger charge is 2.30. The molecule has 0 aliphatic heterocycles. The van der Waals surface area contributed by atoms with E-state index in [1.165, 1.54) is 22.9 Å². The number of aromatic amines is 1. The number of pyridine rings is 1. The van der Waals surface area contributed by atoms with Crippen LogP contribution in [0.4, 0.5) is 8.78 Å². The molecule has 1 amide bonds. The lowest BCUT2D eigenvalue weighted by Crippen LogP contribution is -2.32. The van der Waals surface area contributed by atoms with Crippen molar-refractivity contribution >= 4 is 26.8 Å². The first-order valence-corrected chi connectivity index (χ1v) is 12.8. The Morgan fingerprint density at radius 1 is 1.14 bits per heavy atom. The van der Waals surface area contributed by atoms with Crippen molar-refractivity contribution < 1.29 is 22.0 Å². The van der Waals surface area contributed by atoms with Gasteiger partial charge >= 0.3 is 0 Å². The third kappa shape index (κ3) is 4.49. The highest BCUT2D eigenvalue weighted by molar-refractivity contribution is 7.89. The number of sulfonamides is 1. The summed E-state index contributed by atoms with van der Waals surface area (Å²) in [6.45, 7) is -0.192. The minimum Gasteiger partial charge on any atom is -0.331 e. The number of hydrogen-bond donors (Lipinski definition) is 2. The standard InChI is InChI=1S/C25H21F2N3O4S/c1-35(33,34)29-25(32)23-22(18-3-2-10-28-24(18)31)19-11-15(14-4-5-14)7-9-21(19)30(23)13-16-6-8-17(26)12-20(16)27/h2-3,6-12,14H,4-5,13H2,1H3,(H,28,31)(H,29,32).